The first-order valence-electron chi connectivity index (χ1n) is 15.9. The maximum atomic E-state index is 11.7. The molecule has 1 rings (SSSR count). The van der Waals surface area contributed by atoms with E-state index < -0.39 is 6.16 Å². The molecular formula is C33H58O5. The number of ether oxygens (including phenoxy) is 2. The van der Waals surface area contributed by atoms with E-state index >= 15 is 0 Å². The molecule has 220 valence electrons. The fourth-order valence-electron chi connectivity index (χ4n) is 5.26. The fraction of sp³-hybridized carbons (Fsp3) is 0.788. The van der Waals surface area contributed by atoms with E-state index in [0.717, 1.165) is 101 Å². The highest BCUT2D eigenvalue weighted by Crippen LogP contribution is 2.47. The lowest BCUT2D eigenvalue weighted by Gasteiger charge is -2.24. The van der Waals surface area contributed by atoms with Crippen LogP contribution in [-0.2, 0) is 19.3 Å². The predicted molar refractivity (Wildman–Crippen MR) is 159 cm³/mol. The summed E-state index contributed by atoms with van der Waals surface area (Å²) in [7, 11) is 0. The van der Waals surface area contributed by atoms with E-state index in [1.54, 1.807) is 0 Å². The summed E-state index contributed by atoms with van der Waals surface area (Å²) in [4.78, 5) is 11.7. The van der Waals surface area contributed by atoms with Crippen molar-refractivity contribution < 1.29 is 24.5 Å². The van der Waals surface area contributed by atoms with E-state index in [-0.39, 0.29) is 11.5 Å². The number of benzene rings is 1. The number of hydrogen-bond acceptors (Lipinski definition) is 4. The van der Waals surface area contributed by atoms with Crippen molar-refractivity contribution >= 4 is 6.16 Å². The molecule has 5 heteroatoms. The number of hydrogen-bond donors (Lipinski definition) is 2. The second-order valence-electron chi connectivity index (χ2n) is 10.9. The standard InChI is InChI=1S/C33H58O5/c1-5-9-13-17-18-22-26-37-31-29(25-21-16-12-8-4)27(23-19-14-10-6-2)28(24-20-15-11-7-3)30(34)32(31)38-33(35)36/h34H,5-26H2,1-4H3,(H,35,36). The third kappa shape index (κ3) is 13.2. The van der Waals surface area contributed by atoms with Gasteiger partial charge in [-0.3, -0.25) is 0 Å². The normalized spacial score (nSPS) is 11.2. The molecule has 0 heterocycles. The van der Waals surface area contributed by atoms with Gasteiger partial charge in [0.2, 0.25) is 5.75 Å². The van der Waals surface area contributed by atoms with E-state index in [0.29, 0.717) is 12.4 Å². The smallest absolute Gasteiger partial charge is 0.504 e. The zero-order valence-electron chi connectivity index (χ0n) is 25.2. The van der Waals surface area contributed by atoms with E-state index in [2.05, 4.69) is 27.7 Å². The quantitative estimate of drug-likeness (QED) is 0.0783. The van der Waals surface area contributed by atoms with Gasteiger partial charge in [-0.25, -0.2) is 4.79 Å². The third-order valence-electron chi connectivity index (χ3n) is 7.48. The van der Waals surface area contributed by atoms with Crippen molar-refractivity contribution in [2.45, 2.75) is 163 Å². The summed E-state index contributed by atoms with van der Waals surface area (Å²) < 4.78 is 11.6. The molecule has 0 radical (unpaired) electrons. The maximum Gasteiger partial charge on any atom is 0.511 e. The van der Waals surface area contributed by atoms with Gasteiger partial charge in [-0.15, -0.1) is 0 Å². The third-order valence-corrected chi connectivity index (χ3v) is 7.48. The predicted octanol–water partition coefficient (Wildman–Crippen LogP) is 10.6. The summed E-state index contributed by atoms with van der Waals surface area (Å²) in [6.45, 7) is 9.35. The van der Waals surface area contributed by atoms with Crippen LogP contribution < -0.4 is 9.47 Å². The van der Waals surface area contributed by atoms with E-state index in [1.807, 2.05) is 0 Å². The van der Waals surface area contributed by atoms with Crippen LogP contribution in [0.1, 0.15) is 160 Å². The van der Waals surface area contributed by atoms with Gasteiger partial charge in [0.05, 0.1) is 6.61 Å². The lowest BCUT2D eigenvalue weighted by Crippen LogP contribution is -2.12. The number of phenols is 1. The van der Waals surface area contributed by atoms with Gasteiger partial charge in [-0.1, -0.05) is 118 Å². The van der Waals surface area contributed by atoms with Crippen molar-refractivity contribution in [2.75, 3.05) is 6.61 Å². The molecule has 1 aromatic carbocycles. The molecule has 0 bridgehead atoms. The first-order chi connectivity index (χ1) is 18.5. The molecule has 0 unspecified atom stereocenters. The molecule has 0 atom stereocenters. The van der Waals surface area contributed by atoms with Gasteiger partial charge < -0.3 is 19.7 Å². The molecule has 0 saturated carbocycles. The topological polar surface area (TPSA) is 76.0 Å². The monoisotopic (exact) mass is 534 g/mol. The summed E-state index contributed by atoms with van der Waals surface area (Å²) in [6, 6.07) is 0. The van der Waals surface area contributed by atoms with Gasteiger partial charge in [0.15, 0.2) is 11.5 Å². The first-order valence-corrected chi connectivity index (χ1v) is 15.9. The van der Waals surface area contributed by atoms with Crippen LogP contribution >= 0.6 is 0 Å². The number of unbranched alkanes of at least 4 members (excludes halogenated alkanes) is 14. The Morgan fingerprint density at radius 1 is 0.553 bits per heavy atom. The van der Waals surface area contributed by atoms with Gasteiger partial charge in [0.25, 0.3) is 0 Å². The number of aromatic hydroxyl groups is 1. The van der Waals surface area contributed by atoms with Crippen molar-refractivity contribution in [3.05, 3.63) is 16.7 Å². The van der Waals surface area contributed by atoms with E-state index in [9.17, 15) is 15.0 Å². The Labute approximate surface area is 233 Å². The Morgan fingerprint density at radius 3 is 1.47 bits per heavy atom. The zero-order valence-corrected chi connectivity index (χ0v) is 25.2. The summed E-state index contributed by atoms with van der Waals surface area (Å²) in [5.41, 5.74) is 3.14. The Balaban J connectivity index is 3.40. The molecule has 0 fully saturated rings. The van der Waals surface area contributed by atoms with Crippen LogP contribution in [0.4, 0.5) is 4.79 Å². The summed E-state index contributed by atoms with van der Waals surface area (Å²) in [5, 5.41) is 21.0. The molecule has 0 amide bonds. The maximum absolute atomic E-state index is 11.7. The summed E-state index contributed by atoms with van der Waals surface area (Å²) >= 11 is 0. The van der Waals surface area contributed by atoms with Crippen molar-refractivity contribution in [1.29, 1.82) is 0 Å². The van der Waals surface area contributed by atoms with Crippen LogP contribution in [0.25, 0.3) is 0 Å². The molecule has 0 aliphatic heterocycles. The number of carbonyl (C=O) groups is 1. The van der Waals surface area contributed by atoms with Crippen LogP contribution in [0.5, 0.6) is 17.2 Å². The molecule has 0 saturated heterocycles. The Hall–Kier alpha value is -1.91. The van der Waals surface area contributed by atoms with Gasteiger partial charge in [-0.05, 0) is 50.5 Å². The average molecular weight is 535 g/mol. The molecule has 0 aliphatic carbocycles. The van der Waals surface area contributed by atoms with Gasteiger partial charge in [-0.2, -0.15) is 0 Å². The summed E-state index contributed by atoms with van der Waals surface area (Å²) in [6.07, 6.45) is 21.4. The molecule has 0 spiro atoms. The lowest BCUT2D eigenvalue weighted by atomic mass is 9.88. The van der Waals surface area contributed by atoms with Crippen molar-refractivity contribution in [3.63, 3.8) is 0 Å². The minimum absolute atomic E-state index is 0.0109. The molecule has 5 nitrogen and oxygen atoms in total. The van der Waals surface area contributed by atoms with Gasteiger partial charge >= 0.3 is 6.16 Å². The second-order valence-corrected chi connectivity index (χ2v) is 10.9. The lowest BCUT2D eigenvalue weighted by molar-refractivity contribution is 0.140. The van der Waals surface area contributed by atoms with Gasteiger partial charge in [0, 0.05) is 11.1 Å². The average Bonchev–Trinajstić information content (AvgIpc) is 2.90. The first kappa shape index (κ1) is 34.1. The van der Waals surface area contributed by atoms with Crippen molar-refractivity contribution in [3.8, 4) is 17.2 Å². The minimum atomic E-state index is -1.41. The highest BCUT2D eigenvalue weighted by atomic mass is 16.7. The zero-order chi connectivity index (χ0) is 28.0. The molecule has 2 N–H and O–H groups in total. The molecular weight excluding hydrogens is 476 g/mol. The highest BCUT2D eigenvalue weighted by molar-refractivity contribution is 5.70. The van der Waals surface area contributed by atoms with Crippen LogP contribution in [0, 0.1) is 0 Å². The van der Waals surface area contributed by atoms with E-state index in [4.69, 9.17) is 9.47 Å². The van der Waals surface area contributed by atoms with Gasteiger partial charge in [0.1, 0.15) is 0 Å². The van der Waals surface area contributed by atoms with Crippen molar-refractivity contribution in [2.24, 2.45) is 0 Å². The Bertz CT molecular complexity index is 758. The summed E-state index contributed by atoms with van der Waals surface area (Å²) in [5.74, 6) is 0.458. The van der Waals surface area contributed by atoms with Crippen molar-refractivity contribution in [1.82, 2.24) is 0 Å². The number of rotatable bonds is 24. The largest absolute Gasteiger partial charge is 0.511 e. The Kier molecular flexibility index (Phi) is 19.7. The van der Waals surface area contributed by atoms with Crippen LogP contribution in [-0.4, -0.2) is 23.0 Å². The number of phenolic OH excluding ortho intramolecular Hbond substituents is 1. The fourth-order valence-corrected chi connectivity index (χ4v) is 5.26. The second kappa shape index (κ2) is 22.0. The minimum Gasteiger partial charge on any atom is -0.504 e. The van der Waals surface area contributed by atoms with Crippen LogP contribution in [0.3, 0.4) is 0 Å². The van der Waals surface area contributed by atoms with Crippen LogP contribution in [0.2, 0.25) is 0 Å². The Morgan fingerprint density at radius 2 is 0.974 bits per heavy atom. The van der Waals surface area contributed by atoms with Crippen LogP contribution in [0.15, 0.2) is 0 Å². The molecule has 0 aromatic heterocycles. The molecule has 38 heavy (non-hydrogen) atoms. The van der Waals surface area contributed by atoms with E-state index in [1.165, 1.54) is 50.5 Å². The molecule has 1 aromatic rings. The molecule has 0 aliphatic rings. The number of carboxylic acid groups (broad SMARTS) is 1. The highest BCUT2D eigenvalue weighted by Gasteiger charge is 2.27. The SMILES string of the molecule is CCCCCCCCOc1c(CCCCCC)c(CCCCCC)c(CCCCCC)c(O)c1OC(=O)O.